The van der Waals surface area contributed by atoms with E-state index < -0.39 is 0 Å². The van der Waals surface area contributed by atoms with Gasteiger partial charge in [-0.15, -0.1) is 0 Å². The van der Waals surface area contributed by atoms with Crippen LogP contribution in [0, 0.1) is 24.6 Å². The van der Waals surface area contributed by atoms with E-state index in [1.807, 2.05) is 12.1 Å². The van der Waals surface area contributed by atoms with Crippen LogP contribution in [0.1, 0.15) is 35.2 Å². The molecule has 1 aromatic carbocycles. The number of imidazole rings is 1. The number of rotatable bonds is 4. The molecule has 3 unspecified atom stereocenters. The number of hydrogen-bond donors (Lipinski definition) is 0. The van der Waals surface area contributed by atoms with E-state index in [-0.39, 0.29) is 23.8 Å². The van der Waals surface area contributed by atoms with E-state index in [0.29, 0.717) is 45.8 Å². The van der Waals surface area contributed by atoms with E-state index in [1.54, 1.807) is 30.9 Å². The van der Waals surface area contributed by atoms with Gasteiger partial charge in [0.2, 0.25) is 5.89 Å². The standard InChI is InChI=1S/C22H19FN6O2/c1-11-4-3-5-13(18(11)23)12-6-14-15(7-12)17(14)20-26-16(31-27-20)8-29-10-25-21-19(22(29)30)28(2)9-24-21/h3-6,9-10,14-15,17H,7-8H2,1-2H3. The zero-order valence-corrected chi connectivity index (χ0v) is 17.0. The fourth-order valence-corrected chi connectivity index (χ4v) is 4.70. The zero-order valence-electron chi connectivity index (χ0n) is 17.0. The SMILES string of the molecule is Cc1cccc(C2=CC3C(C2)C3c2noc(Cn3cnc4ncn(C)c4c3=O)n2)c1F. The van der Waals surface area contributed by atoms with Gasteiger partial charge in [0.1, 0.15) is 18.7 Å². The summed E-state index contributed by atoms with van der Waals surface area (Å²) in [5.74, 6) is 1.72. The molecular formula is C22H19FN6O2. The number of aryl methyl sites for hydroxylation is 2. The summed E-state index contributed by atoms with van der Waals surface area (Å²) in [5.41, 5.74) is 3.04. The second-order valence-electron chi connectivity index (χ2n) is 8.35. The molecule has 4 aromatic rings. The van der Waals surface area contributed by atoms with Gasteiger partial charge in [0.05, 0.1) is 6.33 Å². The minimum Gasteiger partial charge on any atom is -0.337 e. The number of nitrogens with zero attached hydrogens (tertiary/aromatic N) is 6. The van der Waals surface area contributed by atoms with Crippen LogP contribution in [-0.4, -0.2) is 29.2 Å². The van der Waals surface area contributed by atoms with Crippen LogP contribution in [0.4, 0.5) is 4.39 Å². The van der Waals surface area contributed by atoms with Crippen molar-refractivity contribution in [2.75, 3.05) is 0 Å². The lowest BCUT2D eigenvalue weighted by Crippen LogP contribution is -2.22. The molecule has 3 heterocycles. The molecule has 0 saturated heterocycles. The molecule has 156 valence electrons. The second-order valence-corrected chi connectivity index (χ2v) is 8.35. The van der Waals surface area contributed by atoms with Crippen molar-refractivity contribution in [3.05, 3.63) is 75.9 Å². The van der Waals surface area contributed by atoms with E-state index in [9.17, 15) is 9.18 Å². The Bertz CT molecular complexity index is 1430. The predicted molar refractivity (Wildman–Crippen MR) is 110 cm³/mol. The predicted octanol–water partition coefficient (Wildman–Crippen LogP) is 2.83. The Morgan fingerprint density at radius 3 is 2.90 bits per heavy atom. The summed E-state index contributed by atoms with van der Waals surface area (Å²) in [5, 5.41) is 4.14. The van der Waals surface area contributed by atoms with Crippen LogP contribution in [0.15, 0.2) is 46.2 Å². The average molecular weight is 418 g/mol. The first kappa shape index (κ1) is 18.2. The number of benzene rings is 1. The summed E-state index contributed by atoms with van der Waals surface area (Å²) in [6.45, 7) is 1.93. The van der Waals surface area contributed by atoms with Crippen molar-refractivity contribution in [1.29, 1.82) is 0 Å². The van der Waals surface area contributed by atoms with Gasteiger partial charge in [0.15, 0.2) is 17.0 Å². The molecule has 2 aliphatic rings. The Kier molecular flexibility index (Phi) is 3.77. The third-order valence-electron chi connectivity index (χ3n) is 6.40. The number of hydrogen-bond acceptors (Lipinski definition) is 6. The van der Waals surface area contributed by atoms with E-state index in [1.165, 1.54) is 10.9 Å². The van der Waals surface area contributed by atoms with Crippen LogP contribution >= 0.6 is 0 Å². The molecule has 9 heteroatoms. The monoisotopic (exact) mass is 418 g/mol. The van der Waals surface area contributed by atoms with E-state index >= 15 is 0 Å². The van der Waals surface area contributed by atoms with Crippen molar-refractivity contribution in [3.63, 3.8) is 0 Å². The first-order chi connectivity index (χ1) is 15.0. The van der Waals surface area contributed by atoms with Crippen LogP contribution in [0.3, 0.4) is 0 Å². The van der Waals surface area contributed by atoms with Crippen LogP contribution < -0.4 is 5.56 Å². The highest BCUT2D eigenvalue weighted by molar-refractivity contribution is 5.71. The molecule has 1 fully saturated rings. The van der Waals surface area contributed by atoms with Gasteiger partial charge < -0.3 is 9.09 Å². The van der Waals surface area contributed by atoms with Crippen LogP contribution in [0.25, 0.3) is 16.7 Å². The maximum absolute atomic E-state index is 14.4. The van der Waals surface area contributed by atoms with Crippen molar-refractivity contribution >= 4 is 16.7 Å². The smallest absolute Gasteiger partial charge is 0.280 e. The highest BCUT2D eigenvalue weighted by Crippen LogP contribution is 2.62. The minimum absolute atomic E-state index is 0.141. The molecule has 0 N–H and O–H groups in total. The quantitative estimate of drug-likeness (QED) is 0.506. The number of aromatic nitrogens is 6. The zero-order chi connectivity index (χ0) is 21.3. The minimum atomic E-state index is -0.208. The highest BCUT2D eigenvalue weighted by atomic mass is 19.1. The Morgan fingerprint density at radius 2 is 2.10 bits per heavy atom. The van der Waals surface area contributed by atoms with Crippen molar-refractivity contribution in [3.8, 4) is 0 Å². The van der Waals surface area contributed by atoms with E-state index in [4.69, 9.17) is 4.52 Å². The molecule has 3 atom stereocenters. The maximum Gasteiger partial charge on any atom is 0.280 e. The average Bonchev–Trinajstić information content (AvgIpc) is 3.18. The van der Waals surface area contributed by atoms with Crippen molar-refractivity contribution < 1.29 is 8.91 Å². The maximum atomic E-state index is 14.4. The molecule has 0 spiro atoms. The topological polar surface area (TPSA) is 91.6 Å². The van der Waals surface area contributed by atoms with Crippen molar-refractivity contribution in [2.45, 2.75) is 25.8 Å². The van der Waals surface area contributed by atoms with Crippen molar-refractivity contribution in [2.24, 2.45) is 18.9 Å². The third kappa shape index (κ3) is 2.76. The molecule has 3 aromatic heterocycles. The Balaban J connectivity index is 1.21. The fourth-order valence-electron chi connectivity index (χ4n) is 4.70. The Labute approximate surface area is 176 Å². The largest absolute Gasteiger partial charge is 0.337 e. The summed E-state index contributed by atoms with van der Waals surface area (Å²) in [4.78, 5) is 25.5. The van der Waals surface area contributed by atoms with Crippen LogP contribution in [-0.2, 0) is 13.6 Å². The first-order valence-electron chi connectivity index (χ1n) is 10.2. The van der Waals surface area contributed by atoms with Gasteiger partial charge in [-0.3, -0.25) is 9.36 Å². The lowest BCUT2D eigenvalue weighted by atomic mass is 9.98. The molecule has 2 aliphatic carbocycles. The fraction of sp³-hybridized carbons (Fsp3) is 0.318. The molecule has 0 radical (unpaired) electrons. The van der Waals surface area contributed by atoms with Gasteiger partial charge in [-0.1, -0.05) is 29.4 Å². The normalized spacial score (nSPS) is 22.0. The van der Waals surface area contributed by atoms with E-state index in [2.05, 4.69) is 26.2 Å². The summed E-state index contributed by atoms with van der Waals surface area (Å²) in [6.07, 6.45) is 5.96. The Hall–Kier alpha value is -3.62. The molecule has 1 saturated carbocycles. The lowest BCUT2D eigenvalue weighted by molar-refractivity contribution is 0.364. The first-order valence-corrected chi connectivity index (χ1v) is 10.2. The van der Waals surface area contributed by atoms with Crippen LogP contribution in [0.2, 0.25) is 0 Å². The highest BCUT2D eigenvalue weighted by Gasteiger charge is 2.55. The van der Waals surface area contributed by atoms with Gasteiger partial charge >= 0.3 is 0 Å². The molecule has 0 aliphatic heterocycles. The van der Waals surface area contributed by atoms with Gasteiger partial charge in [-0.25, -0.2) is 14.4 Å². The summed E-state index contributed by atoms with van der Waals surface area (Å²) in [6, 6.07) is 5.51. The second kappa shape index (κ2) is 6.44. The molecule has 0 amide bonds. The van der Waals surface area contributed by atoms with Gasteiger partial charge in [-0.05, 0) is 36.3 Å². The summed E-state index contributed by atoms with van der Waals surface area (Å²) in [7, 11) is 1.75. The third-order valence-corrected chi connectivity index (χ3v) is 6.40. The van der Waals surface area contributed by atoms with Gasteiger partial charge in [0, 0.05) is 18.5 Å². The molecular weight excluding hydrogens is 399 g/mol. The van der Waals surface area contributed by atoms with Gasteiger partial charge in [0.25, 0.3) is 5.56 Å². The number of halogens is 1. The van der Waals surface area contributed by atoms with Crippen molar-refractivity contribution in [1.82, 2.24) is 29.2 Å². The summed E-state index contributed by atoms with van der Waals surface area (Å²) >= 11 is 0. The molecule has 8 nitrogen and oxygen atoms in total. The van der Waals surface area contributed by atoms with Crippen LogP contribution in [0.5, 0.6) is 0 Å². The molecule has 31 heavy (non-hydrogen) atoms. The van der Waals surface area contributed by atoms with Gasteiger partial charge in [-0.2, -0.15) is 4.98 Å². The lowest BCUT2D eigenvalue weighted by Gasteiger charge is -2.08. The number of allylic oxidation sites excluding steroid dienone is 2. The Morgan fingerprint density at radius 1 is 1.26 bits per heavy atom. The molecule has 0 bridgehead atoms. The number of fused-ring (bicyclic) bond motifs is 2. The summed E-state index contributed by atoms with van der Waals surface area (Å²) < 4.78 is 22.9. The van der Waals surface area contributed by atoms with E-state index in [0.717, 1.165) is 12.0 Å². The molecule has 6 rings (SSSR count).